The molecule has 2 aromatic rings. The fourth-order valence-electron chi connectivity index (χ4n) is 1.21. The second kappa shape index (κ2) is 3.02. The van der Waals surface area contributed by atoms with E-state index in [0.29, 0.717) is 11.0 Å². The van der Waals surface area contributed by atoms with Crippen molar-refractivity contribution in [3.63, 3.8) is 0 Å². The Kier molecular flexibility index (Phi) is 1.85. The third-order valence-electron chi connectivity index (χ3n) is 1.87. The van der Waals surface area contributed by atoms with E-state index >= 15 is 0 Å². The monoisotopic (exact) mass is 192 g/mol. The Morgan fingerprint density at radius 3 is 3.00 bits per heavy atom. The first-order valence-corrected chi connectivity index (χ1v) is 3.98. The molecule has 72 valence electrons. The number of para-hydroxylation sites is 1. The topological polar surface area (TPSA) is 75.2 Å². The van der Waals surface area contributed by atoms with Gasteiger partial charge in [-0.15, -0.1) is 0 Å². The van der Waals surface area contributed by atoms with Crippen LogP contribution in [0.3, 0.4) is 0 Å². The van der Waals surface area contributed by atoms with E-state index in [1.165, 1.54) is 13.2 Å². The smallest absolute Gasteiger partial charge is 0.374 e. The molecule has 0 aliphatic heterocycles. The molecule has 14 heavy (non-hydrogen) atoms. The second-order valence-electron chi connectivity index (χ2n) is 2.75. The lowest BCUT2D eigenvalue weighted by Crippen LogP contribution is -2.02. The number of fused-ring (bicyclic) bond motifs is 1. The van der Waals surface area contributed by atoms with Crippen molar-refractivity contribution < 1.29 is 14.6 Å². The molecule has 0 spiro atoms. The first-order valence-electron chi connectivity index (χ1n) is 3.98. The van der Waals surface area contributed by atoms with Crippen LogP contribution in [0.2, 0.25) is 0 Å². The number of methoxy groups -OCH3 is 1. The quantitative estimate of drug-likeness (QED) is 0.662. The fraction of sp³-hybridized carbons (Fsp3) is 0.111. The van der Waals surface area contributed by atoms with Gasteiger partial charge in [0.25, 0.3) is 0 Å². The average Bonchev–Trinajstić information content (AvgIpc) is 2.62. The van der Waals surface area contributed by atoms with Crippen LogP contribution in [0, 0.1) is 0 Å². The van der Waals surface area contributed by atoms with Crippen molar-refractivity contribution in [1.29, 1.82) is 0 Å². The number of carbonyl (C=O) groups is 1. The van der Waals surface area contributed by atoms with E-state index in [2.05, 4.69) is 14.7 Å². The van der Waals surface area contributed by atoms with Crippen LogP contribution in [0.15, 0.2) is 18.2 Å². The Morgan fingerprint density at radius 2 is 2.36 bits per heavy atom. The van der Waals surface area contributed by atoms with E-state index in [1.807, 2.05) is 0 Å². The predicted octanol–water partition coefficient (Wildman–Crippen LogP) is 1.06. The number of ether oxygens (including phenoxy) is 1. The lowest BCUT2D eigenvalue weighted by atomic mass is 10.3. The highest BCUT2D eigenvalue weighted by molar-refractivity contribution is 5.91. The molecule has 0 radical (unpaired) electrons. The van der Waals surface area contributed by atoms with Crippen molar-refractivity contribution in [2.24, 2.45) is 0 Å². The molecular weight excluding hydrogens is 184 g/mol. The largest absolute Gasteiger partial charge is 0.506 e. The summed E-state index contributed by atoms with van der Waals surface area (Å²) in [7, 11) is 1.27. The van der Waals surface area contributed by atoms with Gasteiger partial charge in [0.05, 0.1) is 12.6 Å². The summed E-state index contributed by atoms with van der Waals surface area (Å²) >= 11 is 0. The summed E-state index contributed by atoms with van der Waals surface area (Å²) in [6.07, 6.45) is 0. The van der Waals surface area contributed by atoms with Crippen LogP contribution in [0.5, 0.6) is 5.75 Å². The van der Waals surface area contributed by atoms with Crippen LogP contribution >= 0.6 is 0 Å². The molecule has 1 aromatic heterocycles. The molecule has 0 aliphatic carbocycles. The molecule has 0 amide bonds. The Morgan fingerprint density at radius 1 is 1.57 bits per heavy atom. The molecule has 2 rings (SSSR count). The van der Waals surface area contributed by atoms with Gasteiger partial charge in [0, 0.05) is 0 Å². The maximum Gasteiger partial charge on any atom is 0.374 e. The van der Waals surface area contributed by atoms with Crippen molar-refractivity contribution in [2.45, 2.75) is 0 Å². The van der Waals surface area contributed by atoms with Gasteiger partial charge in [-0.05, 0) is 12.1 Å². The standard InChI is InChI=1S/C9H8N2O3/c1-14-9(13)8-10-5-3-2-4-6(12)7(5)11-8/h2-4,12H,1H3,(H,10,11). The highest BCUT2D eigenvalue weighted by Crippen LogP contribution is 2.21. The van der Waals surface area contributed by atoms with Crippen molar-refractivity contribution >= 4 is 17.0 Å². The number of carbonyl (C=O) groups excluding carboxylic acids is 1. The summed E-state index contributed by atoms with van der Waals surface area (Å²) in [5.74, 6) is -0.432. The average molecular weight is 192 g/mol. The zero-order valence-electron chi connectivity index (χ0n) is 7.44. The number of benzene rings is 1. The molecule has 1 aromatic carbocycles. The second-order valence-corrected chi connectivity index (χ2v) is 2.75. The number of nitrogens with zero attached hydrogens (tertiary/aromatic N) is 1. The van der Waals surface area contributed by atoms with Gasteiger partial charge in [0.1, 0.15) is 11.3 Å². The van der Waals surface area contributed by atoms with E-state index < -0.39 is 5.97 Å². The Labute approximate surface area is 79.3 Å². The first kappa shape index (κ1) is 8.55. The minimum Gasteiger partial charge on any atom is -0.506 e. The number of phenolic OH excluding ortho intramolecular Hbond substituents is 1. The van der Waals surface area contributed by atoms with Gasteiger partial charge >= 0.3 is 5.97 Å². The summed E-state index contributed by atoms with van der Waals surface area (Å²) in [5, 5.41) is 9.40. The number of aromatic hydroxyl groups is 1. The van der Waals surface area contributed by atoms with Gasteiger partial charge < -0.3 is 14.8 Å². The molecule has 0 bridgehead atoms. The molecule has 0 unspecified atom stereocenters. The number of aromatic nitrogens is 2. The summed E-state index contributed by atoms with van der Waals surface area (Å²) in [4.78, 5) is 17.7. The number of esters is 1. The van der Waals surface area contributed by atoms with Gasteiger partial charge in [-0.25, -0.2) is 9.78 Å². The van der Waals surface area contributed by atoms with Gasteiger partial charge in [-0.3, -0.25) is 0 Å². The van der Waals surface area contributed by atoms with Crippen molar-refractivity contribution in [2.75, 3.05) is 7.11 Å². The van der Waals surface area contributed by atoms with Crippen LogP contribution < -0.4 is 0 Å². The highest BCUT2D eigenvalue weighted by atomic mass is 16.5. The van der Waals surface area contributed by atoms with Crippen LogP contribution in [-0.2, 0) is 4.74 Å². The van der Waals surface area contributed by atoms with Crippen LogP contribution in [-0.4, -0.2) is 28.2 Å². The molecule has 2 N–H and O–H groups in total. The van der Waals surface area contributed by atoms with Gasteiger partial charge in [-0.1, -0.05) is 6.07 Å². The Hall–Kier alpha value is -2.04. The molecule has 0 aliphatic rings. The Bertz CT molecular complexity index is 490. The van der Waals surface area contributed by atoms with Crippen molar-refractivity contribution in [1.82, 2.24) is 9.97 Å². The summed E-state index contributed by atoms with van der Waals surface area (Å²) in [5.41, 5.74) is 0.971. The van der Waals surface area contributed by atoms with E-state index in [4.69, 9.17) is 0 Å². The molecule has 0 saturated carbocycles. The number of phenols is 1. The molecule has 0 saturated heterocycles. The highest BCUT2D eigenvalue weighted by Gasteiger charge is 2.12. The normalized spacial score (nSPS) is 10.4. The summed E-state index contributed by atoms with van der Waals surface area (Å²) in [6, 6.07) is 4.88. The zero-order valence-corrected chi connectivity index (χ0v) is 7.44. The van der Waals surface area contributed by atoms with Crippen LogP contribution in [0.25, 0.3) is 11.0 Å². The number of rotatable bonds is 1. The lowest BCUT2D eigenvalue weighted by molar-refractivity contribution is 0.0588. The van der Waals surface area contributed by atoms with Crippen molar-refractivity contribution in [3.05, 3.63) is 24.0 Å². The molecule has 0 fully saturated rings. The zero-order chi connectivity index (χ0) is 10.1. The third-order valence-corrected chi connectivity index (χ3v) is 1.87. The maximum atomic E-state index is 11.1. The first-order chi connectivity index (χ1) is 6.72. The molecule has 0 atom stereocenters. The molecular formula is C9H8N2O3. The number of hydrogen-bond donors (Lipinski definition) is 2. The van der Waals surface area contributed by atoms with Gasteiger partial charge in [-0.2, -0.15) is 0 Å². The molecule has 1 heterocycles. The van der Waals surface area contributed by atoms with Gasteiger partial charge in [0.2, 0.25) is 5.82 Å². The van der Waals surface area contributed by atoms with Crippen LogP contribution in [0.4, 0.5) is 0 Å². The van der Waals surface area contributed by atoms with E-state index in [1.54, 1.807) is 12.1 Å². The third kappa shape index (κ3) is 1.19. The molecule has 5 nitrogen and oxygen atoms in total. The summed E-state index contributed by atoms with van der Waals surface area (Å²) in [6.45, 7) is 0. The number of hydrogen-bond acceptors (Lipinski definition) is 4. The summed E-state index contributed by atoms with van der Waals surface area (Å²) < 4.78 is 4.49. The van der Waals surface area contributed by atoms with Crippen LogP contribution in [0.1, 0.15) is 10.6 Å². The number of nitrogens with one attached hydrogen (secondary N) is 1. The predicted molar refractivity (Wildman–Crippen MR) is 49.1 cm³/mol. The van der Waals surface area contributed by atoms with Gasteiger partial charge in [0.15, 0.2) is 0 Å². The number of imidazole rings is 1. The number of H-pyrrole nitrogens is 1. The van der Waals surface area contributed by atoms with E-state index in [0.717, 1.165) is 0 Å². The van der Waals surface area contributed by atoms with Crippen molar-refractivity contribution in [3.8, 4) is 5.75 Å². The minimum absolute atomic E-state index is 0.0360. The molecule has 5 heteroatoms. The van der Waals surface area contributed by atoms with E-state index in [9.17, 15) is 9.90 Å². The lowest BCUT2D eigenvalue weighted by Gasteiger charge is -1.90. The SMILES string of the molecule is COC(=O)c1nc2c(O)cccc2[nH]1. The number of aromatic amines is 1. The Balaban J connectivity index is 2.62. The minimum atomic E-state index is -0.555. The fourth-order valence-corrected chi connectivity index (χ4v) is 1.21. The maximum absolute atomic E-state index is 11.1. The van der Waals surface area contributed by atoms with E-state index in [-0.39, 0.29) is 11.6 Å².